The van der Waals surface area contributed by atoms with Crippen LogP contribution in [0.1, 0.15) is 6.42 Å². The number of imide groups is 1. The van der Waals surface area contributed by atoms with Crippen LogP contribution in [0.3, 0.4) is 0 Å². The number of ether oxygens (including phenoxy) is 1. The summed E-state index contributed by atoms with van der Waals surface area (Å²) < 4.78 is 5.35. The largest absolute Gasteiger partial charge is 0.495 e. The van der Waals surface area contributed by atoms with Crippen molar-refractivity contribution in [3.8, 4) is 5.75 Å². The Labute approximate surface area is 128 Å². The Morgan fingerprint density at radius 1 is 1.00 bits per heavy atom. The van der Waals surface area contributed by atoms with Crippen LogP contribution in [0.2, 0.25) is 0 Å². The highest BCUT2D eigenvalue weighted by Crippen LogP contribution is 2.65. The van der Waals surface area contributed by atoms with Crippen molar-refractivity contribution in [1.29, 1.82) is 0 Å². The van der Waals surface area contributed by atoms with Crippen LogP contribution in [0, 0.1) is 35.5 Å². The molecule has 112 valence electrons. The third kappa shape index (κ3) is 1.33. The second kappa shape index (κ2) is 4.00. The molecule has 1 aromatic carbocycles. The summed E-state index contributed by atoms with van der Waals surface area (Å²) in [6.45, 7) is 0. The topological polar surface area (TPSA) is 46.6 Å². The highest BCUT2D eigenvalue weighted by molar-refractivity contribution is 6.23. The van der Waals surface area contributed by atoms with Crippen LogP contribution in [0.25, 0.3) is 0 Å². The van der Waals surface area contributed by atoms with Crippen LogP contribution in [0.5, 0.6) is 5.75 Å². The molecule has 2 bridgehead atoms. The monoisotopic (exact) mass is 295 g/mol. The van der Waals surface area contributed by atoms with Gasteiger partial charge in [0, 0.05) is 0 Å². The molecule has 4 nitrogen and oxygen atoms in total. The van der Waals surface area contributed by atoms with Gasteiger partial charge < -0.3 is 4.74 Å². The van der Waals surface area contributed by atoms with Crippen molar-refractivity contribution >= 4 is 17.5 Å². The molecule has 0 spiro atoms. The number of nitrogens with zero attached hydrogens (tertiary/aromatic N) is 1. The fourth-order valence-corrected chi connectivity index (χ4v) is 5.01. The molecular weight excluding hydrogens is 278 g/mol. The van der Waals surface area contributed by atoms with Crippen molar-refractivity contribution in [2.45, 2.75) is 6.42 Å². The van der Waals surface area contributed by atoms with Gasteiger partial charge in [-0.15, -0.1) is 0 Å². The SMILES string of the molecule is COc1ccccc1N1C(=O)[C@@H]2[C@H]3C=C[C@@H]([C@@H]4C[C@@H]34)[C@@H]2C1=O. The minimum atomic E-state index is -0.156. The second-order valence-corrected chi connectivity index (χ2v) is 6.84. The number of hydrogen-bond donors (Lipinski definition) is 0. The van der Waals surface area contributed by atoms with Gasteiger partial charge in [0.25, 0.3) is 0 Å². The van der Waals surface area contributed by atoms with Gasteiger partial charge in [-0.25, -0.2) is 4.90 Å². The van der Waals surface area contributed by atoms with Crippen LogP contribution < -0.4 is 9.64 Å². The fourth-order valence-electron chi connectivity index (χ4n) is 5.01. The predicted octanol–water partition coefficient (Wildman–Crippen LogP) is 2.25. The molecule has 3 fully saturated rings. The van der Waals surface area contributed by atoms with Crippen molar-refractivity contribution in [1.82, 2.24) is 0 Å². The van der Waals surface area contributed by atoms with Crippen molar-refractivity contribution in [3.05, 3.63) is 36.4 Å². The minimum absolute atomic E-state index is 0.0378. The lowest BCUT2D eigenvalue weighted by atomic mass is 9.63. The van der Waals surface area contributed by atoms with Gasteiger partial charge in [-0.3, -0.25) is 9.59 Å². The van der Waals surface area contributed by atoms with E-state index in [1.165, 1.54) is 11.3 Å². The summed E-state index contributed by atoms with van der Waals surface area (Å²) in [6.07, 6.45) is 5.57. The number of rotatable bonds is 2. The van der Waals surface area contributed by atoms with Gasteiger partial charge in [-0.1, -0.05) is 24.3 Å². The number of methoxy groups -OCH3 is 1. The summed E-state index contributed by atoms with van der Waals surface area (Å²) in [5.41, 5.74) is 0.586. The number of anilines is 1. The van der Waals surface area contributed by atoms with E-state index in [-0.39, 0.29) is 35.5 Å². The van der Waals surface area contributed by atoms with Gasteiger partial charge in [0.15, 0.2) is 0 Å². The number of carbonyl (C=O) groups excluding carboxylic acids is 2. The Kier molecular flexibility index (Phi) is 2.26. The Balaban J connectivity index is 1.60. The van der Waals surface area contributed by atoms with E-state index in [1.54, 1.807) is 19.2 Å². The first-order valence-corrected chi connectivity index (χ1v) is 7.91. The lowest BCUT2D eigenvalue weighted by molar-refractivity contribution is -0.124. The maximum Gasteiger partial charge on any atom is 0.238 e. The van der Waals surface area contributed by atoms with Crippen LogP contribution in [0.15, 0.2) is 36.4 Å². The highest BCUT2D eigenvalue weighted by Gasteiger charge is 2.67. The predicted molar refractivity (Wildman–Crippen MR) is 80.2 cm³/mol. The first-order chi connectivity index (χ1) is 10.7. The van der Waals surface area contributed by atoms with E-state index in [0.717, 1.165) is 0 Å². The van der Waals surface area contributed by atoms with E-state index >= 15 is 0 Å². The molecule has 1 saturated heterocycles. The lowest BCUT2D eigenvalue weighted by Crippen LogP contribution is -2.40. The first kappa shape index (κ1) is 12.4. The average Bonchev–Trinajstić information content (AvgIpc) is 3.32. The van der Waals surface area contributed by atoms with E-state index in [4.69, 9.17) is 4.74 Å². The third-order valence-electron chi connectivity index (χ3n) is 5.99. The molecule has 0 radical (unpaired) electrons. The van der Waals surface area contributed by atoms with Gasteiger partial charge in [0.05, 0.1) is 24.6 Å². The molecule has 6 rings (SSSR count). The van der Waals surface area contributed by atoms with Gasteiger partial charge in [0.2, 0.25) is 11.8 Å². The first-order valence-electron chi connectivity index (χ1n) is 7.91. The Bertz CT molecular complexity index is 689. The van der Waals surface area contributed by atoms with E-state index in [1.807, 2.05) is 12.1 Å². The maximum absolute atomic E-state index is 13.0. The van der Waals surface area contributed by atoms with Gasteiger partial charge in [-0.2, -0.15) is 0 Å². The smallest absolute Gasteiger partial charge is 0.238 e. The molecule has 0 N–H and O–H groups in total. The number of para-hydroxylation sites is 2. The Hall–Kier alpha value is -2.10. The zero-order valence-electron chi connectivity index (χ0n) is 12.3. The standard InChI is InChI=1S/C18H17NO3/c1-22-14-5-3-2-4-13(14)19-17(20)15-9-6-7-10(12-8-11(9)12)16(15)18(19)21/h2-7,9-12,15-16H,8H2,1H3/t9-,10-,11-,12-,15-,16+/m0/s1. The summed E-state index contributed by atoms with van der Waals surface area (Å²) in [7, 11) is 1.57. The third-order valence-corrected chi connectivity index (χ3v) is 5.99. The summed E-state index contributed by atoms with van der Waals surface area (Å²) in [6, 6.07) is 7.27. The maximum atomic E-state index is 13.0. The molecule has 1 heterocycles. The number of amides is 2. The zero-order chi connectivity index (χ0) is 15.0. The normalized spacial score (nSPS) is 40.7. The number of hydrogen-bond acceptors (Lipinski definition) is 3. The van der Waals surface area contributed by atoms with E-state index in [0.29, 0.717) is 23.3 Å². The molecule has 5 aliphatic rings. The minimum Gasteiger partial charge on any atom is -0.495 e. The Morgan fingerprint density at radius 3 is 2.18 bits per heavy atom. The second-order valence-electron chi connectivity index (χ2n) is 6.84. The zero-order valence-corrected chi connectivity index (χ0v) is 12.3. The molecular formula is C18H17NO3. The van der Waals surface area contributed by atoms with Crippen molar-refractivity contribution in [3.63, 3.8) is 0 Å². The van der Waals surface area contributed by atoms with Crippen LogP contribution in [0.4, 0.5) is 5.69 Å². The molecule has 6 atom stereocenters. The summed E-state index contributed by atoms with van der Waals surface area (Å²) in [4.78, 5) is 27.4. The molecule has 2 amide bonds. The molecule has 22 heavy (non-hydrogen) atoms. The molecule has 4 heteroatoms. The molecule has 4 aliphatic carbocycles. The lowest BCUT2D eigenvalue weighted by Gasteiger charge is -2.37. The molecule has 0 unspecified atom stereocenters. The summed E-state index contributed by atoms with van der Waals surface area (Å²) in [5, 5.41) is 0. The van der Waals surface area contributed by atoms with Crippen LogP contribution in [-0.4, -0.2) is 18.9 Å². The number of benzene rings is 1. The van der Waals surface area contributed by atoms with Crippen molar-refractivity contribution in [2.24, 2.45) is 35.5 Å². The molecule has 0 aromatic heterocycles. The quantitative estimate of drug-likeness (QED) is 0.621. The Morgan fingerprint density at radius 2 is 1.59 bits per heavy atom. The van der Waals surface area contributed by atoms with Crippen LogP contribution >= 0.6 is 0 Å². The molecule has 2 saturated carbocycles. The van der Waals surface area contributed by atoms with Gasteiger partial charge in [0.1, 0.15) is 5.75 Å². The van der Waals surface area contributed by atoms with Gasteiger partial charge >= 0.3 is 0 Å². The van der Waals surface area contributed by atoms with Crippen LogP contribution in [-0.2, 0) is 9.59 Å². The fraction of sp³-hybridized carbons (Fsp3) is 0.444. The summed E-state index contributed by atoms with van der Waals surface area (Å²) >= 11 is 0. The van der Waals surface area contributed by atoms with Crippen molar-refractivity contribution in [2.75, 3.05) is 12.0 Å². The molecule has 1 aromatic rings. The van der Waals surface area contributed by atoms with E-state index < -0.39 is 0 Å². The van der Waals surface area contributed by atoms with E-state index in [2.05, 4.69) is 12.2 Å². The number of carbonyl (C=O) groups is 2. The highest BCUT2D eigenvalue weighted by atomic mass is 16.5. The number of allylic oxidation sites excluding steroid dienone is 2. The molecule has 1 aliphatic heterocycles. The average molecular weight is 295 g/mol. The van der Waals surface area contributed by atoms with E-state index in [9.17, 15) is 9.59 Å². The van der Waals surface area contributed by atoms with Gasteiger partial charge in [-0.05, 0) is 42.2 Å². The van der Waals surface area contributed by atoms with Crippen molar-refractivity contribution < 1.29 is 14.3 Å². The summed E-state index contributed by atoms with van der Waals surface area (Å²) in [5.74, 6) is 1.97.